The van der Waals surface area contributed by atoms with E-state index in [1.807, 2.05) is 25.1 Å². The van der Waals surface area contributed by atoms with E-state index in [0.29, 0.717) is 0 Å². The predicted molar refractivity (Wildman–Crippen MR) is 54.6 cm³/mol. The molecule has 1 rings (SSSR count). The van der Waals surface area contributed by atoms with Crippen molar-refractivity contribution in [2.24, 2.45) is 0 Å². The van der Waals surface area contributed by atoms with Gasteiger partial charge in [0.25, 0.3) is 0 Å². The Morgan fingerprint density at radius 3 is 2.85 bits per heavy atom. The minimum atomic E-state index is -1.03. The van der Waals surface area contributed by atoms with Crippen LogP contribution in [-0.4, -0.2) is 11.7 Å². The van der Waals surface area contributed by atoms with Crippen molar-refractivity contribution in [2.75, 3.05) is 5.75 Å². The number of rotatable bonds is 3. The second kappa shape index (κ2) is 4.67. The van der Waals surface area contributed by atoms with Crippen LogP contribution in [-0.2, 0) is 4.79 Å². The first-order valence-electron chi connectivity index (χ1n) is 3.68. The normalized spacial score (nSPS) is 10.0. The molecule has 0 bridgehead atoms. The van der Waals surface area contributed by atoms with Gasteiger partial charge in [0.05, 0.1) is 5.97 Å². The number of hydrogen-bond acceptors (Lipinski definition) is 3. The van der Waals surface area contributed by atoms with Crippen molar-refractivity contribution in [3.8, 4) is 0 Å². The van der Waals surface area contributed by atoms with Crippen molar-refractivity contribution < 1.29 is 9.90 Å². The quantitative estimate of drug-likeness (QED) is 0.775. The molecule has 13 heavy (non-hydrogen) atoms. The third-order valence-electron chi connectivity index (χ3n) is 1.48. The summed E-state index contributed by atoms with van der Waals surface area (Å²) in [7, 11) is 0. The molecule has 0 spiro atoms. The number of aliphatic carboxylic acids is 1. The summed E-state index contributed by atoms with van der Waals surface area (Å²) in [6.07, 6.45) is 0. The molecule has 0 atom stereocenters. The molecule has 0 saturated carbocycles. The lowest BCUT2D eigenvalue weighted by atomic mass is 10.2. The van der Waals surface area contributed by atoms with Gasteiger partial charge in [-0.15, -0.1) is 11.8 Å². The van der Waals surface area contributed by atoms with Crippen LogP contribution in [0.4, 0.5) is 0 Å². The molecule has 2 nitrogen and oxygen atoms in total. The predicted octanol–water partition coefficient (Wildman–Crippen LogP) is 1.60. The minimum absolute atomic E-state index is 0.00245. The van der Waals surface area contributed by atoms with E-state index < -0.39 is 5.97 Å². The van der Waals surface area contributed by atoms with Crippen LogP contribution in [0.1, 0.15) is 5.56 Å². The molecule has 1 aromatic carbocycles. The molecule has 0 aliphatic carbocycles. The maximum absolute atomic E-state index is 10.2. The second-order valence-corrected chi connectivity index (χ2v) is 4.50. The first kappa shape index (κ1) is 10.6. The summed E-state index contributed by atoms with van der Waals surface area (Å²) in [6.45, 7) is 1.95. The van der Waals surface area contributed by atoms with E-state index in [9.17, 15) is 9.90 Å². The third kappa shape index (κ3) is 3.40. The number of carboxylic acid groups (broad SMARTS) is 1. The SMILES string of the molecule is Cc1cc(Br)ccc1SCC(=O)[O-]. The van der Waals surface area contributed by atoms with Crippen molar-refractivity contribution in [1.29, 1.82) is 0 Å². The van der Waals surface area contributed by atoms with Crippen molar-refractivity contribution >= 4 is 33.7 Å². The van der Waals surface area contributed by atoms with E-state index >= 15 is 0 Å². The van der Waals surface area contributed by atoms with Gasteiger partial charge in [-0.05, 0) is 30.7 Å². The van der Waals surface area contributed by atoms with Gasteiger partial charge in [0.15, 0.2) is 0 Å². The Morgan fingerprint density at radius 1 is 1.62 bits per heavy atom. The van der Waals surface area contributed by atoms with Gasteiger partial charge in [-0.2, -0.15) is 0 Å². The molecule has 70 valence electrons. The molecule has 4 heteroatoms. The summed E-state index contributed by atoms with van der Waals surface area (Å²) in [5.41, 5.74) is 1.07. The van der Waals surface area contributed by atoms with E-state index in [-0.39, 0.29) is 5.75 Å². The first-order valence-corrected chi connectivity index (χ1v) is 5.46. The molecule has 0 amide bonds. The lowest BCUT2D eigenvalue weighted by molar-refractivity contribution is -0.301. The summed E-state index contributed by atoms with van der Waals surface area (Å²) in [4.78, 5) is 11.2. The van der Waals surface area contributed by atoms with Crippen LogP contribution in [0.25, 0.3) is 0 Å². The molecular weight excluding hydrogens is 252 g/mol. The molecule has 0 fully saturated rings. The number of hydrogen-bond donors (Lipinski definition) is 0. The monoisotopic (exact) mass is 259 g/mol. The highest BCUT2D eigenvalue weighted by molar-refractivity contribution is 9.10. The standard InChI is InChI=1S/C9H9BrO2S/c1-6-4-7(10)2-3-8(6)13-5-9(11)12/h2-4H,5H2,1H3,(H,11,12)/p-1. The van der Waals surface area contributed by atoms with Gasteiger partial charge >= 0.3 is 0 Å². The van der Waals surface area contributed by atoms with Gasteiger partial charge in [0.1, 0.15) is 0 Å². The number of halogens is 1. The molecule has 0 aliphatic rings. The van der Waals surface area contributed by atoms with Gasteiger partial charge < -0.3 is 9.90 Å². The fourth-order valence-corrected chi connectivity index (χ4v) is 2.11. The molecule has 1 aromatic rings. The average Bonchev–Trinajstić information content (AvgIpc) is 2.02. The van der Waals surface area contributed by atoms with Crippen LogP contribution in [0.3, 0.4) is 0 Å². The Bertz CT molecular complexity index is 325. The van der Waals surface area contributed by atoms with Crippen LogP contribution in [0.2, 0.25) is 0 Å². The van der Waals surface area contributed by atoms with Crippen LogP contribution in [0.5, 0.6) is 0 Å². The minimum Gasteiger partial charge on any atom is -0.549 e. The summed E-state index contributed by atoms with van der Waals surface area (Å²) < 4.78 is 1.00. The molecule has 0 unspecified atom stereocenters. The van der Waals surface area contributed by atoms with E-state index in [0.717, 1.165) is 14.9 Å². The van der Waals surface area contributed by atoms with Gasteiger partial charge in [0, 0.05) is 15.1 Å². The molecule has 0 heterocycles. The summed E-state index contributed by atoms with van der Waals surface area (Å²) >= 11 is 4.62. The summed E-state index contributed by atoms with van der Waals surface area (Å²) in [5, 5.41) is 10.2. The highest BCUT2D eigenvalue weighted by atomic mass is 79.9. The number of benzene rings is 1. The van der Waals surface area contributed by atoms with Crippen LogP contribution >= 0.6 is 27.7 Å². The number of carboxylic acids is 1. The lowest BCUT2D eigenvalue weighted by Gasteiger charge is -2.05. The van der Waals surface area contributed by atoms with Gasteiger partial charge in [0.2, 0.25) is 0 Å². The highest BCUT2D eigenvalue weighted by Gasteiger charge is 1.99. The van der Waals surface area contributed by atoms with E-state index in [2.05, 4.69) is 15.9 Å². The van der Waals surface area contributed by atoms with Gasteiger partial charge in [-0.25, -0.2) is 0 Å². The molecular formula is C9H8BrO2S-. The zero-order valence-electron chi connectivity index (χ0n) is 7.04. The molecule has 0 N–H and O–H groups in total. The van der Waals surface area contributed by atoms with Gasteiger partial charge in [-0.3, -0.25) is 0 Å². The van der Waals surface area contributed by atoms with Crippen molar-refractivity contribution in [2.45, 2.75) is 11.8 Å². The number of thioether (sulfide) groups is 1. The van der Waals surface area contributed by atoms with Crippen molar-refractivity contribution in [3.05, 3.63) is 28.2 Å². The average molecular weight is 260 g/mol. The zero-order valence-corrected chi connectivity index (χ0v) is 9.44. The van der Waals surface area contributed by atoms with Crippen LogP contribution in [0.15, 0.2) is 27.6 Å². The molecule has 0 radical (unpaired) electrons. The Hall–Kier alpha value is -0.480. The Balaban J connectivity index is 2.72. The Labute approximate surface area is 89.5 Å². The molecule has 0 saturated heterocycles. The largest absolute Gasteiger partial charge is 0.549 e. The Morgan fingerprint density at radius 2 is 2.31 bits per heavy atom. The third-order valence-corrected chi connectivity index (χ3v) is 3.12. The maximum Gasteiger partial charge on any atom is 0.0517 e. The van der Waals surface area contributed by atoms with Crippen LogP contribution in [0, 0.1) is 6.92 Å². The van der Waals surface area contributed by atoms with Crippen molar-refractivity contribution in [3.63, 3.8) is 0 Å². The Kier molecular flexibility index (Phi) is 3.81. The topological polar surface area (TPSA) is 40.1 Å². The van der Waals surface area contributed by atoms with E-state index in [1.54, 1.807) is 0 Å². The number of aryl methyl sites for hydroxylation is 1. The fourth-order valence-electron chi connectivity index (χ4n) is 0.911. The first-order chi connectivity index (χ1) is 6.09. The summed E-state index contributed by atoms with van der Waals surface area (Å²) in [6, 6.07) is 5.75. The summed E-state index contributed by atoms with van der Waals surface area (Å²) in [5.74, 6) is -1.03. The zero-order chi connectivity index (χ0) is 9.84. The molecule has 0 aromatic heterocycles. The maximum atomic E-state index is 10.2. The van der Waals surface area contributed by atoms with E-state index in [4.69, 9.17) is 0 Å². The van der Waals surface area contributed by atoms with Crippen LogP contribution < -0.4 is 5.11 Å². The lowest BCUT2D eigenvalue weighted by Crippen LogP contribution is -2.24. The highest BCUT2D eigenvalue weighted by Crippen LogP contribution is 2.24. The number of carbonyl (C=O) groups excluding carboxylic acids is 1. The van der Waals surface area contributed by atoms with E-state index in [1.165, 1.54) is 11.8 Å². The molecule has 0 aliphatic heterocycles. The second-order valence-electron chi connectivity index (χ2n) is 2.57. The fraction of sp³-hybridized carbons (Fsp3) is 0.222. The van der Waals surface area contributed by atoms with Crippen molar-refractivity contribution in [1.82, 2.24) is 0 Å². The number of carbonyl (C=O) groups is 1. The van der Waals surface area contributed by atoms with Gasteiger partial charge in [-0.1, -0.05) is 15.9 Å². The smallest absolute Gasteiger partial charge is 0.0517 e.